The van der Waals surface area contributed by atoms with E-state index in [4.69, 9.17) is 5.11 Å². The lowest BCUT2D eigenvalue weighted by Crippen LogP contribution is -2.20. The van der Waals surface area contributed by atoms with Gasteiger partial charge in [0.1, 0.15) is 5.75 Å². The number of carbonyl (C=O) groups is 1. The Labute approximate surface area is 120 Å². The molecule has 1 aliphatic heterocycles. The maximum Gasteiger partial charge on any atom is 0.303 e. The molecule has 0 saturated carbocycles. The molecule has 0 amide bonds. The molecule has 1 heterocycles. The topological polar surface area (TPSA) is 60.8 Å². The largest absolute Gasteiger partial charge is 0.507 e. The number of phenolic OH excluding ortho intramolecular Hbond substituents is 1. The first kappa shape index (κ1) is 14.9. The van der Waals surface area contributed by atoms with Gasteiger partial charge >= 0.3 is 5.97 Å². The predicted octanol–water partition coefficient (Wildman–Crippen LogP) is 2.70. The summed E-state index contributed by atoms with van der Waals surface area (Å²) in [6.45, 7) is 6.73. The summed E-state index contributed by atoms with van der Waals surface area (Å²) >= 11 is 0. The molecular formula is C16H23NO3. The van der Waals surface area contributed by atoms with Crippen LogP contribution in [-0.4, -0.2) is 34.2 Å². The van der Waals surface area contributed by atoms with Gasteiger partial charge in [-0.2, -0.15) is 0 Å². The first-order valence-corrected chi connectivity index (χ1v) is 7.19. The van der Waals surface area contributed by atoms with Crippen LogP contribution in [0, 0.1) is 19.8 Å². The number of aryl methyl sites for hydroxylation is 2. The van der Waals surface area contributed by atoms with Gasteiger partial charge in [-0.1, -0.05) is 12.1 Å². The first-order valence-electron chi connectivity index (χ1n) is 7.19. The second-order valence-electron chi connectivity index (χ2n) is 5.90. The van der Waals surface area contributed by atoms with E-state index < -0.39 is 5.97 Å². The number of aliphatic carboxylic acids is 1. The third kappa shape index (κ3) is 3.73. The Balaban J connectivity index is 1.90. The van der Waals surface area contributed by atoms with E-state index in [1.165, 1.54) is 5.56 Å². The lowest BCUT2D eigenvalue weighted by atomic mass is 10.0. The van der Waals surface area contributed by atoms with Crippen molar-refractivity contribution in [3.05, 3.63) is 28.8 Å². The molecule has 1 fully saturated rings. The summed E-state index contributed by atoms with van der Waals surface area (Å²) in [4.78, 5) is 13.0. The fourth-order valence-corrected chi connectivity index (χ4v) is 3.01. The van der Waals surface area contributed by atoms with E-state index in [1.54, 1.807) is 0 Å². The summed E-state index contributed by atoms with van der Waals surface area (Å²) in [5.41, 5.74) is 3.06. The van der Waals surface area contributed by atoms with Gasteiger partial charge in [0.15, 0.2) is 0 Å². The lowest BCUT2D eigenvalue weighted by Gasteiger charge is -2.17. The minimum absolute atomic E-state index is 0.274. The Morgan fingerprint density at radius 3 is 2.60 bits per heavy atom. The quantitative estimate of drug-likeness (QED) is 0.868. The Bertz CT molecular complexity index is 475. The third-order valence-corrected chi connectivity index (χ3v) is 4.09. The summed E-state index contributed by atoms with van der Waals surface area (Å²) in [6.07, 6.45) is 2.14. The molecule has 2 rings (SSSR count). The highest BCUT2D eigenvalue weighted by molar-refractivity contribution is 5.66. The van der Waals surface area contributed by atoms with Crippen molar-refractivity contribution in [2.75, 3.05) is 13.1 Å². The van der Waals surface area contributed by atoms with Crippen molar-refractivity contribution in [3.8, 4) is 5.75 Å². The molecule has 20 heavy (non-hydrogen) atoms. The van der Waals surface area contributed by atoms with Crippen molar-refractivity contribution in [1.29, 1.82) is 0 Å². The number of rotatable bonds is 5. The summed E-state index contributed by atoms with van der Waals surface area (Å²) in [7, 11) is 0. The van der Waals surface area contributed by atoms with Gasteiger partial charge in [-0.05, 0) is 55.8 Å². The van der Waals surface area contributed by atoms with E-state index in [0.29, 0.717) is 11.7 Å². The van der Waals surface area contributed by atoms with Gasteiger partial charge in [0.25, 0.3) is 0 Å². The molecule has 0 radical (unpaired) electrons. The van der Waals surface area contributed by atoms with Crippen LogP contribution in [-0.2, 0) is 11.3 Å². The molecule has 2 N–H and O–H groups in total. The number of nitrogens with zero attached hydrogens (tertiary/aromatic N) is 1. The zero-order valence-corrected chi connectivity index (χ0v) is 12.2. The second-order valence-corrected chi connectivity index (χ2v) is 5.90. The smallest absolute Gasteiger partial charge is 0.303 e. The van der Waals surface area contributed by atoms with Crippen molar-refractivity contribution in [1.82, 2.24) is 4.90 Å². The van der Waals surface area contributed by atoms with Gasteiger partial charge in [0.2, 0.25) is 0 Å². The van der Waals surface area contributed by atoms with E-state index >= 15 is 0 Å². The molecule has 4 heteroatoms. The molecule has 1 aromatic carbocycles. The fraction of sp³-hybridized carbons (Fsp3) is 0.562. The molecule has 0 bridgehead atoms. The predicted molar refractivity (Wildman–Crippen MR) is 77.8 cm³/mol. The van der Waals surface area contributed by atoms with E-state index in [2.05, 4.69) is 4.90 Å². The standard InChI is InChI=1S/C16H23NO3/c1-11-7-14(8-12(2)16(11)20)10-17-6-5-13(9-17)3-4-15(18)19/h7-8,13,20H,3-6,9-10H2,1-2H3,(H,18,19). The SMILES string of the molecule is Cc1cc(CN2CCC(CCC(=O)O)C2)cc(C)c1O. The number of hydrogen-bond acceptors (Lipinski definition) is 3. The van der Waals surface area contributed by atoms with Crippen molar-refractivity contribution in [2.45, 2.75) is 39.7 Å². The highest BCUT2D eigenvalue weighted by Gasteiger charge is 2.23. The van der Waals surface area contributed by atoms with Gasteiger partial charge < -0.3 is 10.2 Å². The molecule has 0 aromatic heterocycles. The minimum atomic E-state index is -0.701. The maximum atomic E-state index is 10.6. The van der Waals surface area contributed by atoms with E-state index in [0.717, 1.165) is 43.6 Å². The van der Waals surface area contributed by atoms with Gasteiger partial charge in [-0.15, -0.1) is 0 Å². The zero-order chi connectivity index (χ0) is 14.7. The lowest BCUT2D eigenvalue weighted by molar-refractivity contribution is -0.137. The maximum absolute atomic E-state index is 10.6. The summed E-state index contributed by atoms with van der Waals surface area (Å²) in [5, 5.41) is 18.5. The van der Waals surface area contributed by atoms with Crippen molar-refractivity contribution in [3.63, 3.8) is 0 Å². The highest BCUT2D eigenvalue weighted by atomic mass is 16.4. The van der Waals surface area contributed by atoms with E-state index in [9.17, 15) is 9.90 Å². The van der Waals surface area contributed by atoms with Crippen LogP contribution in [0.4, 0.5) is 0 Å². The molecule has 0 aliphatic carbocycles. The van der Waals surface area contributed by atoms with Crippen molar-refractivity contribution >= 4 is 5.97 Å². The summed E-state index contributed by atoms with van der Waals surface area (Å²) in [6, 6.07) is 4.07. The molecule has 1 aliphatic rings. The minimum Gasteiger partial charge on any atom is -0.507 e. The van der Waals surface area contributed by atoms with Crippen LogP contribution in [0.2, 0.25) is 0 Å². The second kappa shape index (κ2) is 6.27. The number of aromatic hydroxyl groups is 1. The number of phenols is 1. The summed E-state index contributed by atoms with van der Waals surface area (Å²) < 4.78 is 0. The van der Waals surface area contributed by atoms with Crippen LogP contribution in [0.1, 0.15) is 36.0 Å². The van der Waals surface area contributed by atoms with Gasteiger partial charge in [-0.3, -0.25) is 9.69 Å². The van der Waals surface area contributed by atoms with E-state index in [1.807, 2.05) is 26.0 Å². The Hall–Kier alpha value is -1.55. The number of benzene rings is 1. The molecule has 1 unspecified atom stereocenters. The Morgan fingerprint density at radius 1 is 1.35 bits per heavy atom. The molecule has 110 valence electrons. The highest BCUT2D eigenvalue weighted by Crippen LogP contribution is 2.26. The Kier molecular flexibility index (Phi) is 4.65. The van der Waals surface area contributed by atoms with Gasteiger partial charge in [-0.25, -0.2) is 0 Å². The average molecular weight is 277 g/mol. The summed E-state index contributed by atoms with van der Waals surface area (Å²) in [5.74, 6) is 0.188. The molecule has 1 saturated heterocycles. The van der Waals surface area contributed by atoms with Crippen molar-refractivity contribution < 1.29 is 15.0 Å². The fourth-order valence-electron chi connectivity index (χ4n) is 3.01. The van der Waals surface area contributed by atoms with Gasteiger partial charge in [0, 0.05) is 19.5 Å². The van der Waals surface area contributed by atoms with Crippen LogP contribution in [0.3, 0.4) is 0 Å². The van der Waals surface area contributed by atoms with E-state index in [-0.39, 0.29) is 6.42 Å². The molecule has 1 atom stereocenters. The molecule has 4 nitrogen and oxygen atoms in total. The third-order valence-electron chi connectivity index (χ3n) is 4.09. The zero-order valence-electron chi connectivity index (χ0n) is 12.2. The van der Waals surface area contributed by atoms with Gasteiger partial charge in [0.05, 0.1) is 0 Å². The number of hydrogen-bond donors (Lipinski definition) is 2. The number of carboxylic acids is 1. The van der Waals surface area contributed by atoms with Crippen LogP contribution in [0.5, 0.6) is 5.75 Å². The van der Waals surface area contributed by atoms with Crippen LogP contribution >= 0.6 is 0 Å². The van der Waals surface area contributed by atoms with Crippen LogP contribution < -0.4 is 0 Å². The molecular weight excluding hydrogens is 254 g/mol. The normalized spacial score (nSPS) is 19.4. The van der Waals surface area contributed by atoms with Crippen LogP contribution in [0.15, 0.2) is 12.1 Å². The monoisotopic (exact) mass is 277 g/mol. The molecule has 0 spiro atoms. The van der Waals surface area contributed by atoms with Crippen LogP contribution in [0.25, 0.3) is 0 Å². The Morgan fingerprint density at radius 2 is 2.00 bits per heavy atom. The molecule has 1 aromatic rings. The average Bonchev–Trinajstić information content (AvgIpc) is 2.81. The number of likely N-dealkylation sites (tertiary alicyclic amines) is 1. The van der Waals surface area contributed by atoms with Crippen molar-refractivity contribution in [2.24, 2.45) is 5.92 Å². The first-order chi connectivity index (χ1) is 9.45. The number of carboxylic acid groups (broad SMARTS) is 1.